The SMILES string of the molecule is CCOC(=O)c1ccc(C(=O)CC)cc1CC#N. The smallest absolute Gasteiger partial charge is 0.338 e. The number of benzene rings is 1. The van der Waals surface area contributed by atoms with E-state index in [-0.39, 0.29) is 18.8 Å². The van der Waals surface area contributed by atoms with E-state index in [4.69, 9.17) is 10.00 Å². The minimum absolute atomic E-state index is 0.00963. The minimum Gasteiger partial charge on any atom is -0.462 e. The van der Waals surface area contributed by atoms with Gasteiger partial charge in [0.1, 0.15) is 0 Å². The van der Waals surface area contributed by atoms with Crippen molar-refractivity contribution in [3.63, 3.8) is 0 Å². The molecule has 0 atom stereocenters. The van der Waals surface area contributed by atoms with Gasteiger partial charge in [-0.3, -0.25) is 4.79 Å². The molecule has 0 aliphatic carbocycles. The van der Waals surface area contributed by atoms with Gasteiger partial charge in [0, 0.05) is 12.0 Å². The number of rotatable bonds is 5. The van der Waals surface area contributed by atoms with Crippen molar-refractivity contribution in [2.75, 3.05) is 6.61 Å². The number of hydrogen-bond acceptors (Lipinski definition) is 4. The lowest BCUT2D eigenvalue weighted by Crippen LogP contribution is -2.09. The molecule has 0 fully saturated rings. The standard InChI is InChI=1S/C14H15NO3/c1-3-13(16)11-5-6-12(14(17)18-4-2)10(9-11)7-8-15/h5-6,9H,3-4,7H2,1-2H3. The van der Waals surface area contributed by atoms with Crippen LogP contribution in [0.4, 0.5) is 0 Å². The molecule has 4 heteroatoms. The summed E-state index contributed by atoms with van der Waals surface area (Å²) in [7, 11) is 0. The lowest BCUT2D eigenvalue weighted by Gasteiger charge is -2.08. The Balaban J connectivity index is 3.16. The van der Waals surface area contributed by atoms with Crippen LogP contribution in [0.15, 0.2) is 18.2 Å². The molecular formula is C14H15NO3. The van der Waals surface area contributed by atoms with Crippen molar-refractivity contribution in [2.45, 2.75) is 26.7 Å². The number of hydrogen-bond donors (Lipinski definition) is 0. The van der Waals surface area contributed by atoms with Crippen LogP contribution in [0.2, 0.25) is 0 Å². The molecule has 4 nitrogen and oxygen atoms in total. The third-order valence-electron chi connectivity index (χ3n) is 2.51. The summed E-state index contributed by atoms with van der Waals surface area (Å²) in [6.45, 7) is 3.77. The fraction of sp³-hybridized carbons (Fsp3) is 0.357. The van der Waals surface area contributed by atoms with E-state index in [1.54, 1.807) is 32.0 Å². The molecule has 0 saturated heterocycles. The molecule has 0 spiro atoms. The molecule has 0 amide bonds. The topological polar surface area (TPSA) is 67.2 Å². The quantitative estimate of drug-likeness (QED) is 0.590. The zero-order valence-electron chi connectivity index (χ0n) is 10.5. The number of ketones is 1. The van der Waals surface area contributed by atoms with E-state index >= 15 is 0 Å². The van der Waals surface area contributed by atoms with Crippen LogP contribution in [0.25, 0.3) is 0 Å². The Morgan fingerprint density at radius 1 is 1.33 bits per heavy atom. The van der Waals surface area contributed by atoms with Crippen molar-refractivity contribution in [3.8, 4) is 6.07 Å². The first-order valence-corrected chi connectivity index (χ1v) is 5.84. The Bertz CT molecular complexity index is 500. The van der Waals surface area contributed by atoms with Crippen LogP contribution in [0, 0.1) is 11.3 Å². The molecule has 1 aromatic rings. The van der Waals surface area contributed by atoms with Gasteiger partial charge in [0.25, 0.3) is 0 Å². The van der Waals surface area contributed by atoms with Crippen LogP contribution in [0.1, 0.15) is 46.5 Å². The molecule has 0 unspecified atom stereocenters. The summed E-state index contributed by atoms with van der Waals surface area (Å²) in [5, 5.41) is 8.76. The first-order valence-electron chi connectivity index (χ1n) is 5.84. The van der Waals surface area contributed by atoms with E-state index in [9.17, 15) is 9.59 Å². The summed E-state index contributed by atoms with van der Waals surface area (Å²) in [6.07, 6.45) is 0.476. The number of Topliss-reactive ketones (excluding diaryl/α,β-unsaturated/α-hetero) is 1. The average Bonchev–Trinajstić information content (AvgIpc) is 2.38. The largest absolute Gasteiger partial charge is 0.462 e. The number of ether oxygens (including phenoxy) is 1. The van der Waals surface area contributed by atoms with Crippen molar-refractivity contribution < 1.29 is 14.3 Å². The van der Waals surface area contributed by atoms with Crippen LogP contribution in [-0.2, 0) is 11.2 Å². The van der Waals surface area contributed by atoms with Gasteiger partial charge in [-0.1, -0.05) is 13.0 Å². The van der Waals surface area contributed by atoms with Gasteiger partial charge in [0.2, 0.25) is 0 Å². The monoisotopic (exact) mass is 245 g/mol. The second kappa shape index (κ2) is 6.55. The molecule has 0 heterocycles. The molecule has 1 rings (SSSR count). The highest BCUT2D eigenvalue weighted by Gasteiger charge is 2.14. The van der Waals surface area contributed by atoms with Crippen LogP contribution in [0.3, 0.4) is 0 Å². The third kappa shape index (κ3) is 3.17. The van der Waals surface area contributed by atoms with Gasteiger partial charge in [-0.05, 0) is 24.6 Å². The summed E-state index contributed by atoms with van der Waals surface area (Å²) >= 11 is 0. The Hall–Kier alpha value is -2.15. The molecule has 0 aromatic heterocycles. The molecule has 0 saturated carbocycles. The predicted octanol–water partition coefficient (Wildman–Crippen LogP) is 2.52. The number of nitrogens with zero attached hydrogens (tertiary/aromatic N) is 1. The van der Waals surface area contributed by atoms with Crippen molar-refractivity contribution in [1.82, 2.24) is 0 Å². The van der Waals surface area contributed by atoms with Gasteiger partial charge in [-0.15, -0.1) is 0 Å². The molecule has 0 bridgehead atoms. The van der Waals surface area contributed by atoms with Crippen LogP contribution in [-0.4, -0.2) is 18.4 Å². The normalized spacial score (nSPS) is 9.61. The Labute approximate surface area is 106 Å². The van der Waals surface area contributed by atoms with Crippen molar-refractivity contribution in [1.29, 1.82) is 5.26 Å². The summed E-state index contributed by atoms with van der Waals surface area (Å²) < 4.78 is 4.91. The lowest BCUT2D eigenvalue weighted by atomic mass is 9.99. The average molecular weight is 245 g/mol. The number of esters is 1. The first kappa shape index (κ1) is 13.9. The zero-order valence-corrected chi connectivity index (χ0v) is 10.5. The third-order valence-corrected chi connectivity index (χ3v) is 2.51. The van der Waals surface area contributed by atoms with E-state index in [2.05, 4.69) is 0 Å². The highest BCUT2D eigenvalue weighted by Crippen LogP contribution is 2.15. The Kier molecular flexibility index (Phi) is 5.06. The van der Waals surface area contributed by atoms with Crippen molar-refractivity contribution in [3.05, 3.63) is 34.9 Å². The number of carbonyl (C=O) groups excluding carboxylic acids is 2. The van der Waals surface area contributed by atoms with Gasteiger partial charge >= 0.3 is 5.97 Å². The summed E-state index contributed by atoms with van der Waals surface area (Å²) in [4.78, 5) is 23.3. The van der Waals surface area contributed by atoms with E-state index < -0.39 is 5.97 Å². The van der Waals surface area contributed by atoms with Gasteiger partial charge in [-0.25, -0.2) is 4.79 Å². The van der Waals surface area contributed by atoms with Gasteiger partial charge in [0.15, 0.2) is 5.78 Å². The number of nitriles is 1. The highest BCUT2D eigenvalue weighted by molar-refractivity contribution is 5.98. The summed E-state index contributed by atoms with van der Waals surface area (Å²) in [5.74, 6) is -0.470. The second-order valence-electron chi connectivity index (χ2n) is 3.70. The predicted molar refractivity (Wildman–Crippen MR) is 66.3 cm³/mol. The Morgan fingerprint density at radius 3 is 2.61 bits per heavy atom. The minimum atomic E-state index is -0.460. The second-order valence-corrected chi connectivity index (χ2v) is 3.70. The summed E-state index contributed by atoms with van der Waals surface area (Å²) in [5.41, 5.74) is 1.41. The van der Waals surface area contributed by atoms with Crippen LogP contribution < -0.4 is 0 Å². The molecule has 0 N–H and O–H groups in total. The molecule has 0 radical (unpaired) electrons. The van der Waals surface area contributed by atoms with E-state index in [0.717, 1.165) is 0 Å². The fourth-order valence-electron chi connectivity index (χ4n) is 1.61. The first-order chi connectivity index (χ1) is 8.63. The highest BCUT2D eigenvalue weighted by atomic mass is 16.5. The maximum absolute atomic E-state index is 11.7. The fourth-order valence-corrected chi connectivity index (χ4v) is 1.61. The molecule has 18 heavy (non-hydrogen) atoms. The molecular weight excluding hydrogens is 230 g/mol. The summed E-state index contributed by atoms with van der Waals surface area (Å²) in [6, 6.07) is 6.73. The Morgan fingerprint density at radius 2 is 2.06 bits per heavy atom. The number of carbonyl (C=O) groups is 2. The van der Waals surface area contributed by atoms with E-state index in [0.29, 0.717) is 23.1 Å². The van der Waals surface area contributed by atoms with Gasteiger partial charge < -0.3 is 4.74 Å². The van der Waals surface area contributed by atoms with Gasteiger partial charge in [0.05, 0.1) is 24.7 Å². The molecule has 0 aliphatic rings. The molecule has 1 aromatic carbocycles. The van der Waals surface area contributed by atoms with Crippen molar-refractivity contribution >= 4 is 11.8 Å². The van der Waals surface area contributed by atoms with Gasteiger partial charge in [-0.2, -0.15) is 5.26 Å². The van der Waals surface area contributed by atoms with Crippen LogP contribution >= 0.6 is 0 Å². The van der Waals surface area contributed by atoms with Crippen LogP contribution in [0.5, 0.6) is 0 Å². The molecule has 0 aliphatic heterocycles. The van der Waals surface area contributed by atoms with E-state index in [1.165, 1.54) is 0 Å². The zero-order chi connectivity index (χ0) is 13.5. The molecule has 94 valence electrons. The maximum Gasteiger partial charge on any atom is 0.338 e. The van der Waals surface area contributed by atoms with Crippen molar-refractivity contribution in [2.24, 2.45) is 0 Å². The van der Waals surface area contributed by atoms with E-state index in [1.807, 2.05) is 6.07 Å². The lowest BCUT2D eigenvalue weighted by molar-refractivity contribution is 0.0525. The maximum atomic E-state index is 11.7.